The van der Waals surface area contributed by atoms with Gasteiger partial charge in [0, 0.05) is 11.0 Å². The van der Waals surface area contributed by atoms with Crippen LogP contribution in [0.1, 0.15) is 31.7 Å². The maximum absolute atomic E-state index is 13.1. The molecule has 2 aromatic carbocycles. The fraction of sp³-hybridized carbons (Fsp3) is 0.391. The Labute approximate surface area is 190 Å². The van der Waals surface area contributed by atoms with Gasteiger partial charge in [-0.05, 0) is 68.9 Å². The van der Waals surface area contributed by atoms with Crippen molar-refractivity contribution in [1.82, 2.24) is 9.88 Å². The van der Waals surface area contributed by atoms with E-state index in [1.54, 1.807) is 4.90 Å². The molecule has 0 saturated heterocycles. The molecule has 1 heterocycles. The van der Waals surface area contributed by atoms with E-state index in [0.717, 1.165) is 27.7 Å². The zero-order valence-electron chi connectivity index (χ0n) is 17.9. The Morgan fingerprint density at radius 2 is 1.87 bits per heavy atom. The summed E-state index contributed by atoms with van der Waals surface area (Å²) in [6, 6.07) is 13.9. The van der Waals surface area contributed by atoms with E-state index >= 15 is 0 Å². The van der Waals surface area contributed by atoms with Crippen LogP contribution in [0, 0.1) is 0 Å². The molecule has 0 saturated carbocycles. The van der Waals surface area contributed by atoms with E-state index in [0.29, 0.717) is 23.3 Å². The third-order valence-corrected chi connectivity index (χ3v) is 6.30. The van der Waals surface area contributed by atoms with E-state index in [-0.39, 0.29) is 12.5 Å². The van der Waals surface area contributed by atoms with Gasteiger partial charge in [-0.3, -0.25) is 9.69 Å². The number of benzene rings is 2. The number of halogens is 1. The molecule has 3 rings (SSSR count). The van der Waals surface area contributed by atoms with Crippen LogP contribution >= 0.6 is 27.3 Å². The molecule has 5 nitrogen and oxygen atoms in total. The zero-order valence-corrected chi connectivity index (χ0v) is 20.3. The summed E-state index contributed by atoms with van der Waals surface area (Å²) >= 11 is 5.03. The number of fused-ring (bicyclic) bond motifs is 1. The van der Waals surface area contributed by atoms with Gasteiger partial charge in [0.1, 0.15) is 5.75 Å². The van der Waals surface area contributed by atoms with Crippen LogP contribution in [0.25, 0.3) is 10.2 Å². The molecule has 0 bridgehead atoms. The SMILES string of the molecule is CC(C)c1ccc(OCC(=O)N(CCCN(C)C)c2nc3ccc(Br)cc3s2)cc1. The van der Waals surface area contributed by atoms with Crippen molar-refractivity contribution in [3.63, 3.8) is 0 Å². The van der Waals surface area contributed by atoms with Crippen LogP contribution in [0.5, 0.6) is 5.75 Å². The van der Waals surface area contributed by atoms with Gasteiger partial charge in [0.25, 0.3) is 5.91 Å². The summed E-state index contributed by atoms with van der Waals surface area (Å²) in [5.74, 6) is 1.08. The van der Waals surface area contributed by atoms with Gasteiger partial charge in [0.05, 0.1) is 10.2 Å². The summed E-state index contributed by atoms with van der Waals surface area (Å²) in [5, 5.41) is 0.714. The van der Waals surface area contributed by atoms with Crippen LogP contribution in [0.15, 0.2) is 46.9 Å². The van der Waals surface area contributed by atoms with E-state index in [4.69, 9.17) is 9.72 Å². The maximum atomic E-state index is 13.1. The Hall–Kier alpha value is -1.96. The quantitative estimate of drug-likeness (QED) is 0.395. The second-order valence-electron chi connectivity index (χ2n) is 7.82. The first-order chi connectivity index (χ1) is 14.3. The minimum Gasteiger partial charge on any atom is -0.484 e. The predicted molar refractivity (Wildman–Crippen MR) is 129 cm³/mol. The molecule has 1 aromatic heterocycles. The van der Waals surface area contributed by atoms with Crippen molar-refractivity contribution in [2.24, 2.45) is 0 Å². The molecule has 3 aromatic rings. The lowest BCUT2D eigenvalue weighted by molar-refractivity contribution is -0.120. The van der Waals surface area contributed by atoms with Gasteiger partial charge >= 0.3 is 0 Å². The van der Waals surface area contributed by atoms with Crippen LogP contribution in [0.2, 0.25) is 0 Å². The molecule has 7 heteroatoms. The summed E-state index contributed by atoms with van der Waals surface area (Å²) < 4.78 is 7.85. The third kappa shape index (κ3) is 6.03. The minimum atomic E-state index is -0.0835. The number of hydrogen-bond acceptors (Lipinski definition) is 5. The van der Waals surface area contributed by atoms with Crippen LogP contribution in [-0.2, 0) is 4.79 Å². The van der Waals surface area contributed by atoms with Crippen molar-refractivity contribution in [2.45, 2.75) is 26.2 Å². The first kappa shape index (κ1) is 22.7. The molecule has 0 N–H and O–H groups in total. The molecule has 30 heavy (non-hydrogen) atoms. The molecule has 0 atom stereocenters. The summed E-state index contributed by atoms with van der Waals surface area (Å²) in [5.41, 5.74) is 2.15. The van der Waals surface area contributed by atoms with Crippen molar-refractivity contribution in [1.29, 1.82) is 0 Å². The highest BCUT2D eigenvalue weighted by Crippen LogP contribution is 2.31. The fourth-order valence-corrected chi connectivity index (χ4v) is 4.61. The van der Waals surface area contributed by atoms with Gasteiger partial charge in [0.2, 0.25) is 0 Å². The van der Waals surface area contributed by atoms with Gasteiger partial charge in [-0.2, -0.15) is 0 Å². The Bertz CT molecular complexity index is 986. The molecule has 0 aliphatic heterocycles. The van der Waals surface area contributed by atoms with E-state index in [9.17, 15) is 4.79 Å². The highest BCUT2D eigenvalue weighted by molar-refractivity contribution is 9.10. The highest BCUT2D eigenvalue weighted by Gasteiger charge is 2.20. The molecule has 0 unspecified atom stereocenters. The van der Waals surface area contributed by atoms with Gasteiger partial charge in [0.15, 0.2) is 11.7 Å². The highest BCUT2D eigenvalue weighted by atomic mass is 79.9. The van der Waals surface area contributed by atoms with Gasteiger partial charge < -0.3 is 9.64 Å². The zero-order chi connectivity index (χ0) is 21.7. The van der Waals surface area contributed by atoms with Crippen LogP contribution in [-0.4, -0.2) is 49.6 Å². The number of rotatable bonds is 9. The topological polar surface area (TPSA) is 45.7 Å². The summed E-state index contributed by atoms with van der Waals surface area (Å²) in [4.78, 5) is 21.6. The van der Waals surface area contributed by atoms with Crippen LogP contribution in [0.4, 0.5) is 5.13 Å². The second-order valence-corrected chi connectivity index (χ2v) is 9.75. The summed E-state index contributed by atoms with van der Waals surface area (Å²) in [6.45, 7) is 5.80. The molecule has 0 radical (unpaired) electrons. The fourth-order valence-electron chi connectivity index (χ4n) is 3.05. The third-order valence-electron chi connectivity index (χ3n) is 4.77. The number of carbonyl (C=O) groups excluding carboxylic acids is 1. The Balaban J connectivity index is 1.73. The number of nitrogens with zero attached hydrogens (tertiary/aromatic N) is 3. The van der Waals surface area contributed by atoms with Crippen molar-refractivity contribution in [3.05, 3.63) is 52.5 Å². The smallest absolute Gasteiger partial charge is 0.266 e. The molecule has 0 aliphatic carbocycles. The van der Waals surface area contributed by atoms with E-state index in [2.05, 4.69) is 34.7 Å². The normalized spacial score (nSPS) is 11.4. The molecule has 0 fully saturated rings. The predicted octanol–water partition coefficient (Wildman–Crippen LogP) is 5.55. The molecular formula is C23H28BrN3O2S. The average molecular weight is 490 g/mol. The number of anilines is 1. The van der Waals surface area contributed by atoms with Gasteiger partial charge in [-0.1, -0.05) is 53.2 Å². The summed E-state index contributed by atoms with van der Waals surface area (Å²) in [6.07, 6.45) is 0.863. The first-order valence-electron chi connectivity index (χ1n) is 10.1. The molecule has 0 spiro atoms. The van der Waals surface area contributed by atoms with Crippen molar-refractivity contribution in [2.75, 3.05) is 38.7 Å². The van der Waals surface area contributed by atoms with E-state index < -0.39 is 0 Å². The monoisotopic (exact) mass is 489 g/mol. The van der Waals surface area contributed by atoms with Crippen LogP contribution < -0.4 is 9.64 Å². The van der Waals surface area contributed by atoms with Crippen molar-refractivity contribution >= 4 is 48.5 Å². The number of thiazole rings is 1. The molecular weight excluding hydrogens is 462 g/mol. The van der Waals surface area contributed by atoms with E-state index in [1.165, 1.54) is 16.9 Å². The molecule has 1 amide bonds. The average Bonchev–Trinajstić information content (AvgIpc) is 3.12. The van der Waals surface area contributed by atoms with Crippen molar-refractivity contribution < 1.29 is 9.53 Å². The minimum absolute atomic E-state index is 0.0113. The number of amides is 1. The molecule has 160 valence electrons. The number of hydrogen-bond donors (Lipinski definition) is 0. The maximum Gasteiger partial charge on any atom is 0.266 e. The van der Waals surface area contributed by atoms with Gasteiger partial charge in [-0.15, -0.1) is 0 Å². The number of aromatic nitrogens is 1. The molecule has 0 aliphatic rings. The lowest BCUT2D eigenvalue weighted by Gasteiger charge is -2.21. The first-order valence-corrected chi connectivity index (χ1v) is 11.7. The van der Waals surface area contributed by atoms with Gasteiger partial charge in [-0.25, -0.2) is 4.98 Å². The lowest BCUT2D eigenvalue weighted by atomic mass is 10.0. The van der Waals surface area contributed by atoms with E-state index in [1.807, 2.05) is 56.6 Å². The van der Waals surface area contributed by atoms with Crippen molar-refractivity contribution in [3.8, 4) is 5.75 Å². The Kier molecular flexibility index (Phi) is 7.86. The largest absolute Gasteiger partial charge is 0.484 e. The van der Waals surface area contributed by atoms with Crippen LogP contribution in [0.3, 0.4) is 0 Å². The number of carbonyl (C=O) groups is 1. The lowest BCUT2D eigenvalue weighted by Crippen LogP contribution is -2.36. The Morgan fingerprint density at radius 3 is 2.53 bits per heavy atom. The second kappa shape index (κ2) is 10.4. The number of ether oxygens (including phenoxy) is 1. The Morgan fingerprint density at radius 1 is 1.13 bits per heavy atom. The standard InChI is InChI=1S/C23H28BrN3O2S/c1-16(2)17-6-9-19(10-7-17)29-15-22(28)27(13-5-12-26(3)4)23-25-20-11-8-18(24)14-21(20)30-23/h6-11,14,16H,5,12-13,15H2,1-4H3. The summed E-state index contributed by atoms with van der Waals surface area (Å²) in [7, 11) is 4.07.